The van der Waals surface area contributed by atoms with Gasteiger partial charge in [-0.15, -0.1) is 0 Å². The standard InChI is InChI=1S/C29H26N2O6/c1-18-7-11-22(12-8-18)35-24-5-4-6-25(17-24)36-23-13-9-21(10-14-23)31-37-27-19(2)15-20(28(32)30-3)16-26(27)29(33)34/h4-17,31H,1-3H3,(H,30,32)(H,33,34). The Morgan fingerprint density at radius 2 is 1.35 bits per heavy atom. The molecule has 0 fully saturated rings. The van der Waals surface area contributed by atoms with E-state index < -0.39 is 5.97 Å². The molecular weight excluding hydrogens is 472 g/mol. The molecule has 0 aliphatic carbocycles. The first kappa shape index (κ1) is 25.1. The van der Waals surface area contributed by atoms with Crippen LogP contribution in [0.15, 0.2) is 84.9 Å². The third kappa shape index (κ3) is 6.37. The van der Waals surface area contributed by atoms with Crippen LogP contribution in [0.25, 0.3) is 0 Å². The summed E-state index contributed by atoms with van der Waals surface area (Å²) in [7, 11) is 1.48. The summed E-state index contributed by atoms with van der Waals surface area (Å²) in [6.45, 7) is 3.69. The summed E-state index contributed by atoms with van der Waals surface area (Å²) in [5.41, 5.74) is 5.10. The average molecular weight is 499 g/mol. The maximum atomic E-state index is 11.9. The van der Waals surface area contributed by atoms with Crippen LogP contribution in [-0.2, 0) is 0 Å². The fourth-order valence-electron chi connectivity index (χ4n) is 3.52. The van der Waals surface area contributed by atoms with Gasteiger partial charge in [-0.1, -0.05) is 23.8 Å². The van der Waals surface area contributed by atoms with Crippen LogP contribution in [-0.4, -0.2) is 24.0 Å². The molecule has 4 rings (SSSR count). The van der Waals surface area contributed by atoms with Crippen LogP contribution in [0.2, 0.25) is 0 Å². The van der Waals surface area contributed by atoms with E-state index in [0.29, 0.717) is 28.5 Å². The molecule has 0 aliphatic heterocycles. The lowest BCUT2D eigenvalue weighted by atomic mass is 10.0. The minimum absolute atomic E-state index is 0.117. The molecule has 4 aromatic rings. The van der Waals surface area contributed by atoms with Crippen molar-refractivity contribution in [1.82, 2.24) is 5.32 Å². The second-order valence-corrected chi connectivity index (χ2v) is 8.27. The Hall–Kier alpha value is -4.98. The van der Waals surface area contributed by atoms with Gasteiger partial charge in [-0.2, -0.15) is 0 Å². The zero-order valence-electron chi connectivity index (χ0n) is 20.6. The van der Waals surface area contributed by atoms with Gasteiger partial charge < -0.3 is 24.7 Å². The first-order chi connectivity index (χ1) is 17.8. The number of carbonyl (C=O) groups excluding carboxylic acids is 1. The van der Waals surface area contributed by atoms with Gasteiger partial charge in [-0.05, 0) is 80.1 Å². The highest BCUT2D eigenvalue weighted by atomic mass is 16.6. The molecule has 37 heavy (non-hydrogen) atoms. The van der Waals surface area contributed by atoms with Gasteiger partial charge in [0.1, 0.15) is 28.6 Å². The molecule has 188 valence electrons. The molecule has 0 saturated heterocycles. The second-order valence-electron chi connectivity index (χ2n) is 8.27. The molecule has 3 N–H and O–H groups in total. The van der Waals surface area contributed by atoms with Gasteiger partial charge in [0.2, 0.25) is 0 Å². The minimum atomic E-state index is -1.21. The summed E-state index contributed by atoms with van der Waals surface area (Å²) >= 11 is 0. The number of hydrogen-bond donors (Lipinski definition) is 3. The molecule has 0 aromatic heterocycles. The van der Waals surface area contributed by atoms with E-state index in [1.807, 2.05) is 49.4 Å². The number of aryl methyl sites for hydroxylation is 2. The Balaban J connectivity index is 1.41. The summed E-state index contributed by atoms with van der Waals surface area (Å²) in [5, 5.41) is 12.1. The summed E-state index contributed by atoms with van der Waals surface area (Å²) in [6.07, 6.45) is 0. The summed E-state index contributed by atoms with van der Waals surface area (Å²) in [5.74, 6) is 1.12. The molecule has 0 unspecified atom stereocenters. The van der Waals surface area contributed by atoms with Gasteiger partial charge in [0.25, 0.3) is 5.91 Å². The maximum Gasteiger partial charge on any atom is 0.339 e. The van der Waals surface area contributed by atoms with E-state index in [1.54, 1.807) is 43.3 Å². The van der Waals surface area contributed by atoms with Crippen LogP contribution in [0.5, 0.6) is 28.7 Å². The van der Waals surface area contributed by atoms with E-state index in [4.69, 9.17) is 14.3 Å². The lowest BCUT2D eigenvalue weighted by molar-refractivity contribution is 0.0693. The van der Waals surface area contributed by atoms with E-state index in [9.17, 15) is 14.7 Å². The van der Waals surface area contributed by atoms with Gasteiger partial charge in [0, 0.05) is 18.7 Å². The minimum Gasteiger partial charge on any atom is -0.478 e. The maximum absolute atomic E-state index is 11.9. The number of amides is 1. The summed E-state index contributed by atoms with van der Waals surface area (Å²) < 4.78 is 11.8. The predicted octanol–water partition coefficient (Wildman–Crippen LogP) is 6.35. The van der Waals surface area contributed by atoms with Crippen molar-refractivity contribution < 1.29 is 29.0 Å². The number of hydrogen-bond acceptors (Lipinski definition) is 6. The van der Waals surface area contributed by atoms with Crippen LogP contribution in [0.1, 0.15) is 31.8 Å². The third-order valence-corrected chi connectivity index (χ3v) is 5.42. The zero-order chi connectivity index (χ0) is 26.4. The number of nitrogens with one attached hydrogen (secondary N) is 2. The van der Waals surface area contributed by atoms with Crippen LogP contribution in [0.3, 0.4) is 0 Å². The van der Waals surface area contributed by atoms with Crippen molar-refractivity contribution in [3.63, 3.8) is 0 Å². The molecule has 0 radical (unpaired) electrons. The second kappa shape index (κ2) is 11.2. The van der Waals surface area contributed by atoms with Crippen molar-refractivity contribution in [2.45, 2.75) is 13.8 Å². The molecule has 0 heterocycles. The van der Waals surface area contributed by atoms with Crippen molar-refractivity contribution in [2.75, 3.05) is 12.5 Å². The monoisotopic (exact) mass is 498 g/mol. The number of ether oxygens (including phenoxy) is 2. The number of carbonyl (C=O) groups is 2. The van der Waals surface area contributed by atoms with Crippen LogP contribution in [0, 0.1) is 13.8 Å². The first-order valence-electron chi connectivity index (χ1n) is 11.5. The molecule has 0 atom stereocenters. The SMILES string of the molecule is CNC(=O)c1cc(C)c(ONc2ccc(Oc3cccc(Oc4ccc(C)cc4)c3)cc2)c(C(=O)O)c1. The molecule has 8 heteroatoms. The Bertz CT molecular complexity index is 1420. The van der Waals surface area contributed by atoms with Gasteiger partial charge in [-0.3, -0.25) is 4.79 Å². The molecule has 0 bridgehead atoms. The molecule has 0 aliphatic rings. The molecule has 4 aromatic carbocycles. The van der Waals surface area contributed by atoms with E-state index in [0.717, 1.165) is 11.3 Å². The molecular formula is C29H26N2O6. The fraction of sp³-hybridized carbons (Fsp3) is 0.103. The normalized spacial score (nSPS) is 10.4. The lowest BCUT2D eigenvalue weighted by Gasteiger charge is -2.15. The Labute approximate surface area is 214 Å². The van der Waals surface area contributed by atoms with Gasteiger partial charge in [0.05, 0.1) is 5.69 Å². The summed E-state index contributed by atoms with van der Waals surface area (Å²) in [4.78, 5) is 29.3. The van der Waals surface area contributed by atoms with Gasteiger partial charge in [0.15, 0.2) is 5.75 Å². The smallest absolute Gasteiger partial charge is 0.339 e. The predicted molar refractivity (Wildman–Crippen MR) is 140 cm³/mol. The van der Waals surface area contributed by atoms with E-state index in [-0.39, 0.29) is 22.8 Å². The number of carboxylic acids is 1. The van der Waals surface area contributed by atoms with E-state index in [1.165, 1.54) is 13.1 Å². The van der Waals surface area contributed by atoms with Gasteiger partial charge in [-0.25, -0.2) is 10.3 Å². The fourth-order valence-corrected chi connectivity index (χ4v) is 3.52. The van der Waals surface area contributed by atoms with Crippen LogP contribution >= 0.6 is 0 Å². The highest BCUT2D eigenvalue weighted by Crippen LogP contribution is 2.30. The van der Waals surface area contributed by atoms with Crippen molar-refractivity contribution in [3.05, 3.63) is 107 Å². The van der Waals surface area contributed by atoms with Gasteiger partial charge >= 0.3 is 5.97 Å². The van der Waals surface area contributed by atoms with E-state index in [2.05, 4.69) is 10.8 Å². The number of anilines is 1. The summed E-state index contributed by atoms with van der Waals surface area (Å²) in [6, 6.07) is 24.9. The Morgan fingerprint density at radius 1 is 0.757 bits per heavy atom. The van der Waals surface area contributed by atoms with E-state index >= 15 is 0 Å². The van der Waals surface area contributed by atoms with Crippen molar-refractivity contribution in [2.24, 2.45) is 0 Å². The van der Waals surface area contributed by atoms with Crippen molar-refractivity contribution >= 4 is 17.6 Å². The topological polar surface area (TPSA) is 106 Å². The Morgan fingerprint density at radius 3 is 1.92 bits per heavy atom. The Kier molecular flexibility index (Phi) is 7.59. The molecule has 0 spiro atoms. The molecule has 8 nitrogen and oxygen atoms in total. The number of benzene rings is 4. The highest BCUT2D eigenvalue weighted by molar-refractivity contribution is 5.99. The number of aromatic carboxylic acids is 1. The van der Waals surface area contributed by atoms with Crippen LogP contribution in [0.4, 0.5) is 5.69 Å². The largest absolute Gasteiger partial charge is 0.478 e. The van der Waals surface area contributed by atoms with Crippen molar-refractivity contribution in [3.8, 4) is 28.7 Å². The molecule has 1 amide bonds. The average Bonchev–Trinajstić information content (AvgIpc) is 2.89. The van der Waals surface area contributed by atoms with Crippen molar-refractivity contribution in [1.29, 1.82) is 0 Å². The molecule has 0 saturated carbocycles. The lowest BCUT2D eigenvalue weighted by Crippen LogP contribution is -2.19. The van der Waals surface area contributed by atoms with Crippen LogP contribution < -0.4 is 25.1 Å². The number of rotatable bonds is 9. The third-order valence-electron chi connectivity index (χ3n) is 5.42. The quantitative estimate of drug-likeness (QED) is 0.231. The first-order valence-corrected chi connectivity index (χ1v) is 11.5. The highest BCUT2D eigenvalue weighted by Gasteiger charge is 2.19. The zero-order valence-corrected chi connectivity index (χ0v) is 20.6. The number of carboxylic acid groups (broad SMARTS) is 1.